The van der Waals surface area contributed by atoms with Gasteiger partial charge in [-0.25, -0.2) is 13.1 Å². The predicted molar refractivity (Wildman–Crippen MR) is 79.8 cm³/mol. The average Bonchev–Trinajstić information content (AvgIpc) is 2.77. The van der Waals surface area contributed by atoms with Gasteiger partial charge in [0.2, 0.25) is 10.0 Å². The van der Waals surface area contributed by atoms with Gasteiger partial charge >= 0.3 is 0 Å². The second-order valence-corrected chi connectivity index (χ2v) is 8.94. The lowest BCUT2D eigenvalue weighted by Crippen LogP contribution is -2.39. The first kappa shape index (κ1) is 16.6. The standard InChI is InChI=1S/C13H23NO3S2/c1-12(2,3)6-8-19(16,17)14-10-13(4,15)11-5-7-18-9-11/h5,7,9,14-15H,6,8,10H2,1-4H3. The van der Waals surface area contributed by atoms with Crippen molar-refractivity contribution in [3.63, 3.8) is 0 Å². The van der Waals surface area contributed by atoms with Crippen molar-refractivity contribution in [2.45, 2.75) is 39.7 Å². The van der Waals surface area contributed by atoms with Gasteiger partial charge < -0.3 is 5.11 Å². The van der Waals surface area contributed by atoms with Gasteiger partial charge in [-0.05, 0) is 41.1 Å². The van der Waals surface area contributed by atoms with Gasteiger partial charge in [-0.3, -0.25) is 0 Å². The molecule has 19 heavy (non-hydrogen) atoms. The Balaban J connectivity index is 2.56. The van der Waals surface area contributed by atoms with Crippen LogP contribution in [-0.2, 0) is 15.6 Å². The summed E-state index contributed by atoms with van der Waals surface area (Å²) in [4.78, 5) is 0. The number of thiophene rings is 1. The Morgan fingerprint density at radius 2 is 1.95 bits per heavy atom. The van der Waals surface area contributed by atoms with Gasteiger partial charge in [-0.1, -0.05) is 20.8 Å². The minimum absolute atomic E-state index is 0.00376. The van der Waals surface area contributed by atoms with E-state index in [9.17, 15) is 13.5 Å². The Bertz CT molecular complexity index is 484. The van der Waals surface area contributed by atoms with E-state index >= 15 is 0 Å². The third-order valence-corrected chi connectivity index (χ3v) is 4.91. The molecule has 1 unspecified atom stereocenters. The highest BCUT2D eigenvalue weighted by Gasteiger charge is 2.26. The van der Waals surface area contributed by atoms with Crippen LogP contribution in [0.25, 0.3) is 0 Å². The van der Waals surface area contributed by atoms with Crippen LogP contribution in [0, 0.1) is 5.41 Å². The van der Waals surface area contributed by atoms with Gasteiger partial charge in [0.15, 0.2) is 0 Å². The highest BCUT2D eigenvalue weighted by Crippen LogP contribution is 2.23. The van der Waals surface area contributed by atoms with Crippen LogP contribution in [0.15, 0.2) is 16.8 Å². The summed E-state index contributed by atoms with van der Waals surface area (Å²) in [6.07, 6.45) is 0.586. The molecule has 0 fully saturated rings. The number of aliphatic hydroxyl groups is 1. The fraction of sp³-hybridized carbons (Fsp3) is 0.692. The maximum atomic E-state index is 11.9. The Morgan fingerprint density at radius 3 is 2.42 bits per heavy atom. The molecule has 1 aromatic rings. The van der Waals surface area contributed by atoms with Gasteiger partial charge in [-0.15, -0.1) is 0 Å². The van der Waals surface area contributed by atoms with Crippen LogP contribution in [0.4, 0.5) is 0 Å². The van der Waals surface area contributed by atoms with Crippen LogP contribution < -0.4 is 4.72 Å². The number of nitrogens with one attached hydrogen (secondary N) is 1. The lowest BCUT2D eigenvalue weighted by molar-refractivity contribution is 0.0632. The molecule has 4 nitrogen and oxygen atoms in total. The smallest absolute Gasteiger partial charge is 0.211 e. The molecule has 0 saturated heterocycles. The molecular weight excluding hydrogens is 282 g/mol. The Hall–Kier alpha value is -0.430. The molecule has 0 aromatic carbocycles. The molecule has 0 saturated carbocycles. The van der Waals surface area contributed by atoms with E-state index in [4.69, 9.17) is 0 Å². The van der Waals surface area contributed by atoms with Crippen molar-refractivity contribution in [1.82, 2.24) is 4.72 Å². The van der Waals surface area contributed by atoms with Crippen LogP contribution in [0.3, 0.4) is 0 Å². The summed E-state index contributed by atoms with van der Waals surface area (Å²) in [5, 5.41) is 13.9. The Labute approximate surface area is 119 Å². The summed E-state index contributed by atoms with van der Waals surface area (Å²) in [6, 6.07) is 1.80. The van der Waals surface area contributed by atoms with Gasteiger partial charge in [-0.2, -0.15) is 11.3 Å². The molecule has 1 rings (SSSR count). The monoisotopic (exact) mass is 305 g/mol. The molecule has 2 N–H and O–H groups in total. The number of rotatable bonds is 6. The first-order valence-electron chi connectivity index (χ1n) is 6.24. The van der Waals surface area contributed by atoms with Crippen molar-refractivity contribution < 1.29 is 13.5 Å². The van der Waals surface area contributed by atoms with Crippen molar-refractivity contribution in [3.8, 4) is 0 Å². The van der Waals surface area contributed by atoms with E-state index in [0.717, 1.165) is 5.56 Å². The minimum Gasteiger partial charge on any atom is -0.384 e. The maximum absolute atomic E-state index is 11.9. The molecule has 0 aliphatic heterocycles. The van der Waals surface area contributed by atoms with Gasteiger partial charge in [0.05, 0.1) is 5.75 Å². The van der Waals surface area contributed by atoms with E-state index in [0.29, 0.717) is 6.42 Å². The zero-order valence-corrected chi connectivity index (χ0v) is 13.6. The van der Waals surface area contributed by atoms with Crippen LogP contribution >= 0.6 is 11.3 Å². The minimum atomic E-state index is -3.35. The molecule has 0 bridgehead atoms. The van der Waals surface area contributed by atoms with Gasteiger partial charge in [0, 0.05) is 6.54 Å². The number of sulfonamides is 1. The topological polar surface area (TPSA) is 66.4 Å². The third kappa shape index (κ3) is 6.03. The lowest BCUT2D eigenvalue weighted by atomic mass is 9.94. The summed E-state index contributed by atoms with van der Waals surface area (Å²) in [5.74, 6) is 0.0796. The SMILES string of the molecule is CC(C)(C)CCS(=O)(=O)NCC(C)(O)c1ccsc1. The molecule has 0 amide bonds. The van der Waals surface area contributed by atoms with Crippen molar-refractivity contribution in [2.75, 3.05) is 12.3 Å². The quantitative estimate of drug-likeness (QED) is 0.847. The fourth-order valence-electron chi connectivity index (χ4n) is 1.44. The van der Waals surface area contributed by atoms with E-state index in [2.05, 4.69) is 4.72 Å². The molecule has 0 radical (unpaired) electrons. The highest BCUT2D eigenvalue weighted by molar-refractivity contribution is 7.89. The summed E-state index contributed by atoms with van der Waals surface area (Å²) in [7, 11) is -3.35. The van der Waals surface area contributed by atoms with Crippen molar-refractivity contribution >= 4 is 21.4 Å². The molecule has 1 atom stereocenters. The second kappa shape index (κ2) is 5.91. The first-order chi connectivity index (χ1) is 8.52. The van der Waals surface area contributed by atoms with Crippen molar-refractivity contribution in [2.24, 2.45) is 5.41 Å². The van der Waals surface area contributed by atoms with Gasteiger partial charge in [0.1, 0.15) is 5.60 Å². The van der Waals surface area contributed by atoms with E-state index < -0.39 is 15.6 Å². The lowest BCUT2D eigenvalue weighted by Gasteiger charge is -2.23. The average molecular weight is 305 g/mol. The largest absolute Gasteiger partial charge is 0.384 e. The third-order valence-electron chi connectivity index (χ3n) is 2.90. The summed E-state index contributed by atoms with van der Waals surface area (Å²) in [5.41, 5.74) is -0.463. The summed E-state index contributed by atoms with van der Waals surface area (Å²) < 4.78 is 26.2. The first-order valence-corrected chi connectivity index (χ1v) is 8.84. The zero-order chi connectivity index (χ0) is 14.7. The van der Waals surface area contributed by atoms with Crippen LogP contribution in [0.5, 0.6) is 0 Å². The predicted octanol–water partition coefficient (Wildman–Crippen LogP) is 2.31. The molecule has 0 aliphatic rings. The molecule has 1 heterocycles. The molecule has 0 spiro atoms. The van der Waals surface area contributed by atoms with Gasteiger partial charge in [0.25, 0.3) is 0 Å². The molecule has 6 heteroatoms. The highest BCUT2D eigenvalue weighted by atomic mass is 32.2. The second-order valence-electron chi connectivity index (χ2n) is 6.24. The zero-order valence-electron chi connectivity index (χ0n) is 11.9. The van der Waals surface area contributed by atoms with Crippen LogP contribution in [0.2, 0.25) is 0 Å². The van der Waals surface area contributed by atoms with E-state index in [-0.39, 0.29) is 17.7 Å². The Morgan fingerprint density at radius 1 is 1.32 bits per heavy atom. The van der Waals surface area contributed by atoms with E-state index in [1.807, 2.05) is 31.5 Å². The fourth-order valence-corrected chi connectivity index (χ4v) is 3.75. The Kier molecular flexibility index (Phi) is 5.17. The van der Waals surface area contributed by atoms with E-state index in [1.165, 1.54) is 11.3 Å². The summed E-state index contributed by atoms with van der Waals surface area (Å²) in [6.45, 7) is 7.62. The van der Waals surface area contributed by atoms with E-state index in [1.54, 1.807) is 13.0 Å². The normalized spacial score (nSPS) is 16.3. The number of hydrogen-bond donors (Lipinski definition) is 2. The maximum Gasteiger partial charge on any atom is 0.211 e. The molecule has 0 aliphatic carbocycles. The van der Waals surface area contributed by atoms with Crippen LogP contribution in [-0.4, -0.2) is 25.8 Å². The number of hydrogen-bond acceptors (Lipinski definition) is 4. The molecule has 110 valence electrons. The van der Waals surface area contributed by atoms with Crippen molar-refractivity contribution in [3.05, 3.63) is 22.4 Å². The van der Waals surface area contributed by atoms with Crippen molar-refractivity contribution in [1.29, 1.82) is 0 Å². The molecule has 1 aromatic heterocycles. The van der Waals surface area contributed by atoms with Crippen LogP contribution in [0.1, 0.15) is 39.7 Å². The summed E-state index contributed by atoms with van der Waals surface area (Å²) >= 11 is 1.48. The molecular formula is C13H23NO3S2.